The van der Waals surface area contributed by atoms with Gasteiger partial charge in [0, 0.05) is 59.1 Å². The van der Waals surface area contributed by atoms with E-state index in [1.807, 2.05) is 36.4 Å². The summed E-state index contributed by atoms with van der Waals surface area (Å²) in [7, 11) is 0. The van der Waals surface area contributed by atoms with E-state index in [9.17, 15) is 10.2 Å². The normalized spacial score (nSPS) is 11.5. The Labute approximate surface area is 229 Å². The van der Waals surface area contributed by atoms with E-state index in [4.69, 9.17) is 9.97 Å². The van der Waals surface area contributed by atoms with Crippen LogP contribution < -0.4 is 0 Å². The summed E-state index contributed by atoms with van der Waals surface area (Å²) in [6.45, 7) is 0. The van der Waals surface area contributed by atoms with Crippen LogP contribution in [0.1, 0.15) is 11.1 Å². The number of para-hydroxylation sites is 2. The van der Waals surface area contributed by atoms with E-state index in [1.54, 1.807) is 85.7 Å². The van der Waals surface area contributed by atoms with Crippen LogP contribution in [-0.4, -0.2) is 42.6 Å². The highest BCUT2D eigenvalue weighted by Gasteiger charge is 2.10. The molecule has 0 saturated heterocycles. The first-order valence-corrected chi connectivity index (χ1v) is 12.5. The molecule has 192 valence electrons. The Kier molecular flexibility index (Phi) is 6.71. The minimum atomic E-state index is 0.110. The fraction of sp³-hybridized carbons (Fsp3) is 0. The average Bonchev–Trinajstić information content (AvgIpc) is 2.99. The fourth-order valence-electron chi connectivity index (χ4n) is 4.31. The van der Waals surface area contributed by atoms with Gasteiger partial charge in [-0.15, -0.1) is 0 Å². The molecule has 0 fully saturated rings. The van der Waals surface area contributed by atoms with Crippen molar-refractivity contribution in [3.05, 3.63) is 121 Å². The first kappa shape index (κ1) is 24.6. The Morgan fingerprint density at radius 3 is 1.27 bits per heavy atom. The molecule has 0 unspecified atom stereocenters. The van der Waals surface area contributed by atoms with Crippen molar-refractivity contribution >= 4 is 56.6 Å². The monoisotopic (exact) mass is 522 g/mol. The number of hydrogen-bond donors (Lipinski definition) is 2. The van der Waals surface area contributed by atoms with Gasteiger partial charge in [0.15, 0.2) is 0 Å². The van der Waals surface area contributed by atoms with Crippen molar-refractivity contribution in [3.63, 3.8) is 0 Å². The summed E-state index contributed by atoms with van der Waals surface area (Å²) in [5.74, 6) is 0.220. The van der Waals surface area contributed by atoms with Crippen molar-refractivity contribution in [2.75, 3.05) is 0 Å². The van der Waals surface area contributed by atoms with Crippen molar-refractivity contribution in [3.8, 4) is 11.5 Å². The third-order valence-electron chi connectivity index (χ3n) is 6.27. The van der Waals surface area contributed by atoms with Crippen molar-refractivity contribution < 1.29 is 10.2 Å². The molecule has 0 aliphatic rings. The van der Waals surface area contributed by atoms with Crippen molar-refractivity contribution in [1.82, 2.24) is 19.9 Å². The number of fused-ring (bicyclic) bond motifs is 6. The van der Waals surface area contributed by atoms with Gasteiger partial charge in [0.1, 0.15) is 11.5 Å². The highest BCUT2D eigenvalue weighted by atomic mass is 16.3. The second kappa shape index (κ2) is 10.9. The van der Waals surface area contributed by atoms with Gasteiger partial charge in [-0.3, -0.25) is 29.9 Å². The molecule has 3 aromatic carbocycles. The Morgan fingerprint density at radius 2 is 0.850 bits per heavy atom. The van der Waals surface area contributed by atoms with E-state index >= 15 is 0 Å². The summed E-state index contributed by atoms with van der Waals surface area (Å²) in [6, 6.07) is 24.9. The number of nitrogens with zero attached hydrogens (tertiary/aromatic N) is 6. The van der Waals surface area contributed by atoms with Crippen LogP contribution in [0.25, 0.3) is 32.8 Å². The maximum absolute atomic E-state index is 10.2. The van der Waals surface area contributed by atoms with Crippen LogP contribution in [0, 0.1) is 0 Å². The predicted molar refractivity (Wildman–Crippen MR) is 158 cm³/mol. The molecule has 6 aromatic rings. The van der Waals surface area contributed by atoms with E-state index in [2.05, 4.69) is 20.0 Å². The lowest BCUT2D eigenvalue weighted by Crippen LogP contribution is -1.89. The number of pyridine rings is 2. The van der Waals surface area contributed by atoms with Gasteiger partial charge in [-0.2, -0.15) is 0 Å². The average molecular weight is 523 g/mol. The van der Waals surface area contributed by atoms with Crippen LogP contribution in [0.3, 0.4) is 0 Å². The molecule has 0 spiro atoms. The maximum Gasteiger partial charge on any atom is 0.124 e. The molecule has 0 saturated carbocycles. The zero-order chi connectivity index (χ0) is 27.3. The summed E-state index contributed by atoms with van der Waals surface area (Å²) in [5, 5.41) is 22.1. The predicted octanol–water partition coefficient (Wildman–Crippen LogP) is 6.76. The van der Waals surface area contributed by atoms with Crippen molar-refractivity contribution in [1.29, 1.82) is 0 Å². The van der Waals surface area contributed by atoms with Crippen LogP contribution in [0.15, 0.2) is 120 Å². The van der Waals surface area contributed by atoms with Gasteiger partial charge in [0.05, 0.1) is 33.4 Å². The molecule has 8 heteroatoms. The van der Waals surface area contributed by atoms with Gasteiger partial charge in [0.2, 0.25) is 0 Å². The van der Waals surface area contributed by atoms with Gasteiger partial charge < -0.3 is 10.2 Å². The fourth-order valence-corrected chi connectivity index (χ4v) is 4.31. The van der Waals surface area contributed by atoms with Gasteiger partial charge in [0.25, 0.3) is 0 Å². The maximum atomic E-state index is 10.2. The number of aromatic hydroxyl groups is 2. The van der Waals surface area contributed by atoms with Crippen molar-refractivity contribution in [2.24, 2.45) is 9.98 Å². The first-order chi connectivity index (χ1) is 19.7. The molecule has 0 bridgehead atoms. The molecule has 2 N–H and O–H groups in total. The number of phenols is 2. The minimum absolute atomic E-state index is 0.110. The Morgan fingerprint density at radius 1 is 0.450 bits per heavy atom. The third-order valence-corrected chi connectivity index (χ3v) is 6.27. The molecule has 8 nitrogen and oxygen atoms in total. The molecular weight excluding hydrogens is 500 g/mol. The smallest absolute Gasteiger partial charge is 0.124 e. The zero-order valence-corrected chi connectivity index (χ0v) is 21.1. The minimum Gasteiger partial charge on any atom is -0.507 e. The van der Waals surface area contributed by atoms with Gasteiger partial charge >= 0.3 is 0 Å². The summed E-state index contributed by atoms with van der Waals surface area (Å²) in [6.07, 6.45) is 9.89. The molecule has 40 heavy (non-hydrogen) atoms. The lowest BCUT2D eigenvalue weighted by molar-refractivity contribution is 0.474. The Hall–Kier alpha value is -5.76. The standard InChI is InChI=1S/C32H22N6O2/c39-27-11-3-1-7-21(27)19-37-25-13-17-35-31-23-9-5-15-33-29(23)30-24(10-6-16-34-30)32(31)36-18-14-26(25)38-20-22-8-2-4-12-28(22)40/h1-20,39-40H. The number of rotatable bonds is 4. The first-order valence-electron chi connectivity index (χ1n) is 12.5. The molecular formula is C32H22N6O2. The van der Waals surface area contributed by atoms with Gasteiger partial charge in [-0.1, -0.05) is 24.3 Å². The molecule has 0 aliphatic heterocycles. The van der Waals surface area contributed by atoms with E-state index in [-0.39, 0.29) is 11.5 Å². The van der Waals surface area contributed by atoms with Crippen LogP contribution in [0.2, 0.25) is 0 Å². The van der Waals surface area contributed by atoms with E-state index in [0.29, 0.717) is 33.5 Å². The van der Waals surface area contributed by atoms with Crippen LogP contribution in [-0.2, 0) is 0 Å². The zero-order valence-electron chi connectivity index (χ0n) is 21.1. The number of phenolic OH excluding ortho intramolecular Hbond substituents is 2. The second-order valence-electron chi connectivity index (χ2n) is 8.79. The highest BCUT2D eigenvalue weighted by Crippen LogP contribution is 2.31. The summed E-state index contributed by atoms with van der Waals surface area (Å²) < 4.78 is 0. The molecule has 3 heterocycles. The second-order valence-corrected chi connectivity index (χ2v) is 8.79. The summed E-state index contributed by atoms with van der Waals surface area (Å²) in [4.78, 5) is 28.0. The van der Waals surface area contributed by atoms with Gasteiger partial charge in [-0.05, 0) is 60.7 Å². The van der Waals surface area contributed by atoms with E-state index in [1.165, 1.54) is 0 Å². The number of benzene rings is 3. The molecule has 6 rings (SSSR count). The largest absolute Gasteiger partial charge is 0.507 e. The highest BCUT2D eigenvalue weighted by molar-refractivity contribution is 6.20. The lowest BCUT2D eigenvalue weighted by Gasteiger charge is -2.05. The third kappa shape index (κ3) is 4.89. The topological polar surface area (TPSA) is 117 Å². The number of aliphatic imine (C=N–C) groups is 2. The Balaban J connectivity index is 1.61. The molecule has 0 atom stereocenters. The molecule has 0 radical (unpaired) electrons. The number of hydrogen-bond acceptors (Lipinski definition) is 8. The Bertz CT molecular complexity index is 1860. The summed E-state index contributed by atoms with van der Waals surface area (Å²) in [5.41, 5.74) is 4.85. The SMILES string of the molecule is Oc1ccccc1C=Nc1ccnc2c3cccnc3c3ncccc3c2nccc1N=Cc1ccccc1O. The number of aromatic nitrogens is 4. The van der Waals surface area contributed by atoms with E-state index in [0.717, 1.165) is 21.8 Å². The lowest BCUT2D eigenvalue weighted by atomic mass is 10.1. The molecule has 0 aliphatic carbocycles. The van der Waals surface area contributed by atoms with E-state index < -0.39 is 0 Å². The quantitative estimate of drug-likeness (QED) is 0.195. The van der Waals surface area contributed by atoms with Crippen molar-refractivity contribution in [2.45, 2.75) is 0 Å². The summed E-state index contributed by atoms with van der Waals surface area (Å²) >= 11 is 0. The molecule has 3 aromatic heterocycles. The van der Waals surface area contributed by atoms with Crippen LogP contribution in [0.5, 0.6) is 11.5 Å². The van der Waals surface area contributed by atoms with Crippen LogP contribution >= 0.6 is 0 Å². The molecule has 0 amide bonds. The van der Waals surface area contributed by atoms with Gasteiger partial charge in [-0.25, -0.2) is 0 Å². The van der Waals surface area contributed by atoms with Crippen LogP contribution in [0.4, 0.5) is 11.4 Å².